The van der Waals surface area contributed by atoms with E-state index < -0.39 is 25.0 Å². The summed E-state index contributed by atoms with van der Waals surface area (Å²) < 4.78 is 34.5. The van der Waals surface area contributed by atoms with Crippen LogP contribution in [0.25, 0.3) is 0 Å². The van der Waals surface area contributed by atoms with Crippen molar-refractivity contribution in [1.82, 2.24) is 0 Å². The normalized spacial score (nSPS) is 28.5. The summed E-state index contributed by atoms with van der Waals surface area (Å²) in [5.41, 5.74) is 0. The Morgan fingerprint density at radius 1 is 0.714 bits per heavy atom. The van der Waals surface area contributed by atoms with Gasteiger partial charge in [0.15, 0.2) is 25.0 Å². The summed E-state index contributed by atoms with van der Waals surface area (Å²) in [6.07, 6.45) is 1.43. The molecule has 42 heavy (non-hydrogen) atoms. The summed E-state index contributed by atoms with van der Waals surface area (Å²) in [4.78, 5) is 12.4. The van der Waals surface area contributed by atoms with Crippen LogP contribution in [-0.4, -0.2) is 74.0 Å². The highest BCUT2D eigenvalue weighted by atomic mass is 28.4. The van der Waals surface area contributed by atoms with Crippen molar-refractivity contribution in [2.45, 2.75) is 187 Å². The number of Topliss-reactive ketones (excluding diaryl/α,β-unsaturated/α-hetero) is 1. The number of ether oxygens (including phenoxy) is 2. The molecule has 0 aromatic carbocycles. The maximum Gasteiger partial charge on any atom is 0.192 e. The molecule has 2 fully saturated rings. The third-order valence-corrected chi connectivity index (χ3v) is 25.6. The first-order valence-electron chi connectivity index (χ1n) is 17.7. The first-order valence-corrected chi connectivity index (χ1v) is 25.3. The van der Waals surface area contributed by atoms with Crippen molar-refractivity contribution in [2.75, 3.05) is 6.61 Å². The highest BCUT2D eigenvalue weighted by molar-refractivity contribution is 6.74. The van der Waals surface area contributed by atoms with Gasteiger partial charge in [-0.25, -0.2) is 0 Å². The van der Waals surface area contributed by atoms with E-state index in [9.17, 15) is 4.79 Å². The van der Waals surface area contributed by atoms with Crippen LogP contribution in [0.4, 0.5) is 0 Å². The molecule has 2 aliphatic heterocycles. The molecule has 0 aromatic heterocycles. The molecule has 6 nitrogen and oxygen atoms in total. The van der Waals surface area contributed by atoms with Gasteiger partial charge in [-0.1, -0.05) is 69.2 Å². The van der Waals surface area contributed by atoms with Crippen LogP contribution in [0.3, 0.4) is 0 Å². The minimum absolute atomic E-state index is 0.0553. The second kappa shape index (κ2) is 17.2. The van der Waals surface area contributed by atoms with E-state index in [1.807, 2.05) is 0 Å². The molecule has 0 aromatic rings. The van der Waals surface area contributed by atoms with Gasteiger partial charge in [0, 0.05) is 24.4 Å². The maximum absolute atomic E-state index is 12.4. The standard InChI is InChI=1S/C33H68O6Si3/c1-13-40(14-2,15-3)37-27(12)26(11)31-30(36-31)23-28-24-35-29(22-25(10)34)33(39-42(19-7,20-8)21-9)32(28)38-41(16-4,17-5)18-6/h26-33H,13-24H2,1-12H3/t26-,27+,28+,29+,30+,31+,32-,33-/m1/s1. The monoisotopic (exact) mass is 644 g/mol. The van der Waals surface area contributed by atoms with E-state index in [0.717, 1.165) is 42.7 Å². The summed E-state index contributed by atoms with van der Waals surface area (Å²) in [5.74, 6) is 0.705. The predicted molar refractivity (Wildman–Crippen MR) is 183 cm³/mol. The molecule has 2 heterocycles. The molecule has 9 heteroatoms. The molecule has 2 saturated heterocycles. The second-order valence-electron chi connectivity index (χ2n) is 13.5. The average Bonchev–Trinajstić information content (AvgIpc) is 3.78. The van der Waals surface area contributed by atoms with Crippen molar-refractivity contribution in [2.24, 2.45) is 11.8 Å². The van der Waals surface area contributed by atoms with Gasteiger partial charge in [-0.3, -0.25) is 4.79 Å². The number of hydrogen-bond donors (Lipinski definition) is 0. The van der Waals surface area contributed by atoms with Crippen molar-refractivity contribution in [1.29, 1.82) is 0 Å². The lowest BCUT2D eigenvalue weighted by Crippen LogP contribution is -2.60. The Labute approximate surface area is 263 Å². The van der Waals surface area contributed by atoms with Crippen molar-refractivity contribution in [3.63, 3.8) is 0 Å². The smallest absolute Gasteiger partial charge is 0.192 e. The Hall–Kier alpha value is 0.121. The number of carbonyl (C=O) groups is 1. The Morgan fingerprint density at radius 2 is 1.17 bits per heavy atom. The van der Waals surface area contributed by atoms with Gasteiger partial charge >= 0.3 is 0 Å². The third kappa shape index (κ3) is 9.33. The lowest BCUT2D eigenvalue weighted by atomic mass is 9.86. The highest BCUT2D eigenvalue weighted by Crippen LogP contribution is 2.43. The molecule has 0 aliphatic carbocycles. The molecule has 0 N–H and O–H groups in total. The summed E-state index contributed by atoms with van der Waals surface area (Å²) in [6, 6.07) is 10.0. The number of ketones is 1. The first kappa shape index (κ1) is 38.3. The number of carbonyl (C=O) groups excluding carboxylic acids is 1. The van der Waals surface area contributed by atoms with Crippen LogP contribution >= 0.6 is 0 Å². The van der Waals surface area contributed by atoms with Gasteiger partial charge in [-0.2, -0.15) is 0 Å². The molecule has 0 saturated carbocycles. The molecule has 2 rings (SSSR count). The Morgan fingerprint density at radius 3 is 1.60 bits per heavy atom. The molecule has 0 bridgehead atoms. The molecular weight excluding hydrogens is 577 g/mol. The zero-order valence-electron chi connectivity index (χ0n) is 29.6. The zero-order valence-corrected chi connectivity index (χ0v) is 32.6. The predicted octanol–water partition coefficient (Wildman–Crippen LogP) is 8.97. The zero-order chi connectivity index (χ0) is 31.7. The Bertz CT molecular complexity index is 776. The summed E-state index contributed by atoms with van der Waals surface area (Å²) in [5, 5.41) is 0. The van der Waals surface area contributed by atoms with Crippen LogP contribution in [0.5, 0.6) is 0 Å². The van der Waals surface area contributed by atoms with E-state index >= 15 is 0 Å². The van der Waals surface area contributed by atoms with Crippen molar-refractivity contribution >= 4 is 30.7 Å². The average molecular weight is 645 g/mol. The number of rotatable bonds is 21. The van der Waals surface area contributed by atoms with Gasteiger partial charge in [0.2, 0.25) is 0 Å². The van der Waals surface area contributed by atoms with E-state index in [0.29, 0.717) is 18.9 Å². The minimum atomic E-state index is -1.98. The quantitative estimate of drug-likeness (QED) is 0.0918. The molecule has 0 radical (unpaired) electrons. The van der Waals surface area contributed by atoms with Crippen molar-refractivity contribution in [3.8, 4) is 0 Å². The number of hydrogen-bond acceptors (Lipinski definition) is 6. The summed E-state index contributed by atoms with van der Waals surface area (Å²) in [6.45, 7) is 27.5. The maximum atomic E-state index is 12.4. The summed E-state index contributed by atoms with van der Waals surface area (Å²) in [7, 11) is -5.60. The van der Waals surface area contributed by atoms with Crippen molar-refractivity contribution < 1.29 is 27.5 Å². The van der Waals surface area contributed by atoms with Gasteiger partial charge < -0.3 is 22.8 Å². The Kier molecular flexibility index (Phi) is 15.6. The molecule has 2 aliphatic rings. The minimum Gasteiger partial charge on any atom is -0.414 e. The topological polar surface area (TPSA) is 66.5 Å². The molecule has 0 amide bonds. The third-order valence-electron chi connectivity index (χ3n) is 11.6. The van der Waals surface area contributed by atoms with Gasteiger partial charge in [0.05, 0.1) is 37.1 Å². The van der Waals surface area contributed by atoms with E-state index in [4.69, 9.17) is 22.8 Å². The van der Waals surface area contributed by atoms with Crippen LogP contribution in [0.1, 0.15) is 95.9 Å². The van der Waals surface area contributed by atoms with Gasteiger partial charge in [0.25, 0.3) is 0 Å². The fourth-order valence-corrected chi connectivity index (χ4v) is 16.1. The van der Waals surface area contributed by atoms with Gasteiger partial charge in [0.1, 0.15) is 5.78 Å². The van der Waals surface area contributed by atoms with E-state index in [1.165, 1.54) is 18.1 Å². The fourth-order valence-electron chi connectivity index (χ4n) is 7.34. The molecular formula is C33H68O6Si3. The van der Waals surface area contributed by atoms with Gasteiger partial charge in [-0.05, 0) is 74.7 Å². The van der Waals surface area contributed by atoms with Crippen LogP contribution < -0.4 is 0 Å². The van der Waals surface area contributed by atoms with E-state index in [1.54, 1.807) is 6.92 Å². The van der Waals surface area contributed by atoms with Crippen LogP contribution in [0.15, 0.2) is 0 Å². The molecule has 8 atom stereocenters. The lowest BCUT2D eigenvalue weighted by Gasteiger charge is -2.49. The lowest BCUT2D eigenvalue weighted by molar-refractivity contribution is -0.160. The van der Waals surface area contributed by atoms with E-state index in [-0.39, 0.29) is 48.3 Å². The largest absolute Gasteiger partial charge is 0.414 e. The second-order valence-corrected chi connectivity index (χ2v) is 27.7. The highest BCUT2D eigenvalue weighted by Gasteiger charge is 2.53. The summed E-state index contributed by atoms with van der Waals surface area (Å²) >= 11 is 0. The van der Waals surface area contributed by atoms with E-state index in [2.05, 4.69) is 76.2 Å². The SMILES string of the molecule is CC[Si](CC)(CC)O[C@@H]1[C@@H](C[C@@H]2O[C@H]2[C@H](C)[C@H](C)O[Si](CC)(CC)CC)CO[C@@H](CC(C)=O)[C@H]1O[Si](CC)(CC)CC. The van der Waals surface area contributed by atoms with Gasteiger partial charge in [-0.15, -0.1) is 0 Å². The van der Waals surface area contributed by atoms with Crippen LogP contribution in [0.2, 0.25) is 54.4 Å². The molecule has 0 spiro atoms. The fraction of sp³-hybridized carbons (Fsp3) is 0.970. The van der Waals surface area contributed by atoms with Crippen molar-refractivity contribution in [3.05, 3.63) is 0 Å². The molecule has 248 valence electrons. The number of epoxide rings is 1. The first-order chi connectivity index (χ1) is 19.9. The van der Waals surface area contributed by atoms with Crippen LogP contribution in [0, 0.1) is 11.8 Å². The Balaban J connectivity index is 2.34. The van der Waals surface area contributed by atoms with Crippen LogP contribution in [-0.2, 0) is 27.5 Å². The molecule has 0 unspecified atom stereocenters.